The highest BCUT2D eigenvalue weighted by Crippen LogP contribution is 2.55. The summed E-state index contributed by atoms with van der Waals surface area (Å²) < 4.78 is 0. The highest BCUT2D eigenvalue weighted by Gasteiger charge is 2.46. The Hall–Kier alpha value is -2.36. The van der Waals surface area contributed by atoms with Gasteiger partial charge in [-0.05, 0) is 37.3 Å². The van der Waals surface area contributed by atoms with E-state index in [1.54, 1.807) is 24.3 Å². The van der Waals surface area contributed by atoms with Gasteiger partial charge in [0.1, 0.15) is 23.0 Å². The van der Waals surface area contributed by atoms with E-state index in [1.165, 1.54) is 12.1 Å². The fourth-order valence-corrected chi connectivity index (χ4v) is 4.63. The minimum atomic E-state index is -0.524. The molecule has 25 heavy (non-hydrogen) atoms. The Morgan fingerprint density at radius 3 is 1.92 bits per heavy atom. The van der Waals surface area contributed by atoms with Crippen molar-refractivity contribution in [2.24, 2.45) is 5.92 Å². The second kappa shape index (κ2) is 6.87. The quantitative estimate of drug-likeness (QED) is 0.644. The van der Waals surface area contributed by atoms with Gasteiger partial charge in [-0.25, -0.2) is 0 Å². The van der Waals surface area contributed by atoms with Crippen LogP contribution in [0.1, 0.15) is 56.6 Å². The molecule has 1 atom stereocenters. The SMILES string of the molecule is CCCC1CCCCC1(c1ccc(O)cc1O)c1ccc(O)cc1O. The maximum Gasteiger partial charge on any atom is 0.123 e. The highest BCUT2D eigenvalue weighted by molar-refractivity contribution is 5.55. The molecule has 134 valence electrons. The van der Waals surface area contributed by atoms with E-state index in [2.05, 4.69) is 6.92 Å². The van der Waals surface area contributed by atoms with Gasteiger partial charge in [0.15, 0.2) is 0 Å². The zero-order valence-electron chi connectivity index (χ0n) is 14.6. The summed E-state index contributed by atoms with van der Waals surface area (Å²) in [6.45, 7) is 2.15. The van der Waals surface area contributed by atoms with Gasteiger partial charge in [0.2, 0.25) is 0 Å². The molecule has 0 saturated heterocycles. The molecule has 4 N–H and O–H groups in total. The van der Waals surface area contributed by atoms with Gasteiger partial charge in [0, 0.05) is 28.7 Å². The second-order valence-electron chi connectivity index (χ2n) is 7.11. The van der Waals surface area contributed by atoms with Gasteiger partial charge in [-0.1, -0.05) is 38.3 Å². The molecular formula is C21H26O4. The van der Waals surface area contributed by atoms with E-state index in [-0.39, 0.29) is 28.9 Å². The van der Waals surface area contributed by atoms with E-state index in [1.807, 2.05) is 0 Å². The standard InChI is InChI=1S/C21H26O4/c1-2-5-14-6-3-4-11-21(14,17-9-7-15(22)12-19(17)24)18-10-8-16(23)13-20(18)25/h7-10,12-14,22-25H,2-6,11H2,1H3. The summed E-state index contributed by atoms with van der Waals surface area (Å²) in [5, 5.41) is 40.6. The Balaban J connectivity index is 2.26. The first-order valence-electron chi connectivity index (χ1n) is 9.04. The Labute approximate surface area is 148 Å². The lowest BCUT2D eigenvalue weighted by Crippen LogP contribution is -2.39. The van der Waals surface area contributed by atoms with Crippen LogP contribution in [-0.4, -0.2) is 20.4 Å². The number of hydrogen-bond acceptors (Lipinski definition) is 4. The van der Waals surface area contributed by atoms with E-state index < -0.39 is 5.41 Å². The summed E-state index contributed by atoms with van der Waals surface area (Å²) in [5.41, 5.74) is 0.956. The number of benzene rings is 2. The van der Waals surface area contributed by atoms with Crippen LogP contribution in [0.4, 0.5) is 0 Å². The summed E-state index contributed by atoms with van der Waals surface area (Å²) in [5.74, 6) is 0.423. The molecule has 0 bridgehead atoms. The molecule has 0 amide bonds. The highest BCUT2D eigenvalue weighted by atomic mass is 16.3. The molecular weight excluding hydrogens is 316 g/mol. The van der Waals surface area contributed by atoms with Crippen LogP contribution in [0.5, 0.6) is 23.0 Å². The molecule has 1 unspecified atom stereocenters. The number of aromatic hydroxyl groups is 4. The minimum Gasteiger partial charge on any atom is -0.508 e. The third-order valence-electron chi connectivity index (χ3n) is 5.63. The summed E-state index contributed by atoms with van der Waals surface area (Å²) in [4.78, 5) is 0. The van der Waals surface area contributed by atoms with Gasteiger partial charge in [0.25, 0.3) is 0 Å². The van der Waals surface area contributed by atoms with E-state index in [0.717, 1.165) is 49.7 Å². The van der Waals surface area contributed by atoms with Gasteiger partial charge in [-0.3, -0.25) is 0 Å². The summed E-state index contributed by atoms with van der Waals surface area (Å²) in [6.07, 6.45) is 5.97. The first kappa shape index (κ1) is 17.5. The third-order valence-corrected chi connectivity index (χ3v) is 5.63. The molecule has 0 aromatic heterocycles. The number of rotatable bonds is 4. The molecule has 2 aromatic carbocycles. The molecule has 0 spiro atoms. The molecule has 1 aliphatic carbocycles. The molecule has 2 aromatic rings. The predicted molar refractivity (Wildman–Crippen MR) is 97.2 cm³/mol. The van der Waals surface area contributed by atoms with Crippen molar-refractivity contribution in [1.29, 1.82) is 0 Å². The van der Waals surface area contributed by atoms with Gasteiger partial charge in [-0.2, -0.15) is 0 Å². The van der Waals surface area contributed by atoms with Gasteiger partial charge >= 0.3 is 0 Å². The maximum absolute atomic E-state index is 10.6. The summed E-state index contributed by atoms with van der Waals surface area (Å²) in [6, 6.07) is 9.45. The Bertz CT molecular complexity index is 700. The van der Waals surface area contributed by atoms with Crippen molar-refractivity contribution in [3.05, 3.63) is 47.5 Å². The zero-order chi connectivity index (χ0) is 18.0. The monoisotopic (exact) mass is 342 g/mol. The van der Waals surface area contributed by atoms with Crippen molar-refractivity contribution in [3.8, 4) is 23.0 Å². The van der Waals surface area contributed by atoms with Gasteiger partial charge < -0.3 is 20.4 Å². The largest absolute Gasteiger partial charge is 0.508 e. The molecule has 0 radical (unpaired) electrons. The lowest BCUT2D eigenvalue weighted by atomic mass is 9.57. The van der Waals surface area contributed by atoms with Crippen LogP contribution in [0.3, 0.4) is 0 Å². The second-order valence-corrected chi connectivity index (χ2v) is 7.11. The fraction of sp³-hybridized carbons (Fsp3) is 0.429. The molecule has 1 aliphatic rings. The molecule has 1 fully saturated rings. The van der Waals surface area contributed by atoms with Crippen molar-refractivity contribution >= 4 is 0 Å². The minimum absolute atomic E-state index is 0.0224. The van der Waals surface area contributed by atoms with Crippen LogP contribution in [0.25, 0.3) is 0 Å². The molecule has 0 aliphatic heterocycles. The summed E-state index contributed by atoms with van der Waals surface area (Å²) in [7, 11) is 0. The van der Waals surface area contributed by atoms with E-state index >= 15 is 0 Å². The first-order valence-corrected chi connectivity index (χ1v) is 9.04. The van der Waals surface area contributed by atoms with Crippen molar-refractivity contribution in [2.75, 3.05) is 0 Å². The van der Waals surface area contributed by atoms with Crippen molar-refractivity contribution in [1.82, 2.24) is 0 Å². The molecule has 3 rings (SSSR count). The normalized spacial score (nSPS) is 19.6. The first-order chi connectivity index (χ1) is 12.0. The van der Waals surface area contributed by atoms with Crippen LogP contribution in [0.15, 0.2) is 36.4 Å². The molecule has 0 heterocycles. The zero-order valence-corrected chi connectivity index (χ0v) is 14.6. The average molecular weight is 342 g/mol. The Kier molecular flexibility index (Phi) is 4.80. The van der Waals surface area contributed by atoms with Crippen LogP contribution >= 0.6 is 0 Å². The maximum atomic E-state index is 10.6. The lowest BCUT2D eigenvalue weighted by molar-refractivity contribution is 0.202. The summed E-state index contributed by atoms with van der Waals surface area (Å²) >= 11 is 0. The molecule has 1 saturated carbocycles. The average Bonchev–Trinajstić information content (AvgIpc) is 2.56. The number of phenolic OH excluding ortho intramolecular Hbond substituents is 4. The van der Waals surface area contributed by atoms with Crippen LogP contribution in [0, 0.1) is 5.92 Å². The predicted octanol–water partition coefficient (Wildman–Crippen LogP) is 4.79. The van der Waals surface area contributed by atoms with Crippen molar-refractivity contribution in [3.63, 3.8) is 0 Å². The van der Waals surface area contributed by atoms with Crippen LogP contribution < -0.4 is 0 Å². The van der Waals surface area contributed by atoms with E-state index in [4.69, 9.17) is 0 Å². The smallest absolute Gasteiger partial charge is 0.123 e. The van der Waals surface area contributed by atoms with E-state index in [0.29, 0.717) is 0 Å². The van der Waals surface area contributed by atoms with E-state index in [9.17, 15) is 20.4 Å². The number of phenols is 4. The third kappa shape index (κ3) is 3.01. The van der Waals surface area contributed by atoms with Crippen molar-refractivity contribution < 1.29 is 20.4 Å². The van der Waals surface area contributed by atoms with Crippen molar-refractivity contribution in [2.45, 2.75) is 50.9 Å². The topological polar surface area (TPSA) is 80.9 Å². The Morgan fingerprint density at radius 2 is 1.44 bits per heavy atom. The number of hydrogen-bond donors (Lipinski definition) is 4. The Morgan fingerprint density at radius 1 is 0.880 bits per heavy atom. The van der Waals surface area contributed by atoms with Crippen LogP contribution in [0.2, 0.25) is 0 Å². The van der Waals surface area contributed by atoms with Gasteiger partial charge in [0.05, 0.1) is 0 Å². The fourth-order valence-electron chi connectivity index (χ4n) is 4.63. The lowest BCUT2D eigenvalue weighted by Gasteiger charge is -2.46. The molecule has 4 heteroatoms. The molecule has 4 nitrogen and oxygen atoms in total. The van der Waals surface area contributed by atoms with Gasteiger partial charge in [-0.15, -0.1) is 0 Å². The van der Waals surface area contributed by atoms with Crippen LogP contribution in [-0.2, 0) is 5.41 Å².